The van der Waals surface area contributed by atoms with Gasteiger partial charge in [0.2, 0.25) is 0 Å². The van der Waals surface area contributed by atoms with Gasteiger partial charge in [0.15, 0.2) is 0 Å². The fraction of sp³-hybridized carbons (Fsp3) is 0.143. The molecule has 3 rings (SSSR count). The van der Waals surface area contributed by atoms with Crippen LogP contribution in [-0.4, -0.2) is 10.2 Å². The topological polar surface area (TPSA) is 52.5 Å². The van der Waals surface area contributed by atoms with Crippen molar-refractivity contribution < 1.29 is 10.2 Å². The van der Waals surface area contributed by atoms with Crippen LogP contribution in [0.4, 0.5) is 0 Å². The molecule has 0 saturated heterocycles. The minimum Gasteiger partial charge on any atom is -0.508 e. The van der Waals surface area contributed by atoms with Gasteiger partial charge in [0.1, 0.15) is 11.5 Å². The summed E-state index contributed by atoms with van der Waals surface area (Å²) in [5.41, 5.74) is 2.75. The number of aromatic hydroxyl groups is 2. The average Bonchev–Trinajstić information content (AvgIpc) is 2.75. The molecule has 2 aromatic carbocycles. The van der Waals surface area contributed by atoms with Crippen molar-refractivity contribution in [3.63, 3.8) is 0 Å². The van der Waals surface area contributed by atoms with Crippen LogP contribution in [0.2, 0.25) is 0 Å². The maximum absolute atomic E-state index is 9.93. The Morgan fingerprint density at radius 3 is 2.53 bits per heavy atom. The van der Waals surface area contributed by atoms with E-state index < -0.39 is 0 Å². The van der Waals surface area contributed by atoms with Crippen molar-refractivity contribution in [1.82, 2.24) is 5.32 Å². The van der Waals surface area contributed by atoms with E-state index in [-0.39, 0.29) is 17.5 Å². The number of phenols is 2. The molecule has 0 aliphatic carbocycles. The fourth-order valence-electron chi connectivity index (χ4n) is 2.40. The Bertz CT molecular complexity index is 566. The van der Waals surface area contributed by atoms with Gasteiger partial charge in [-0.15, -0.1) is 0 Å². The lowest BCUT2D eigenvalue weighted by Gasteiger charge is -2.15. The number of hydrogen-bond acceptors (Lipinski definition) is 3. The molecule has 1 atom stereocenters. The molecule has 0 fully saturated rings. The molecule has 1 unspecified atom stereocenters. The monoisotopic (exact) mass is 227 g/mol. The highest BCUT2D eigenvalue weighted by molar-refractivity contribution is 5.51. The van der Waals surface area contributed by atoms with Crippen molar-refractivity contribution in [3.8, 4) is 11.5 Å². The third kappa shape index (κ3) is 1.56. The average molecular weight is 227 g/mol. The maximum Gasteiger partial charge on any atom is 0.121 e. The predicted octanol–water partition coefficient (Wildman–Crippen LogP) is 2.29. The Kier molecular flexibility index (Phi) is 2.27. The number of benzene rings is 2. The van der Waals surface area contributed by atoms with Crippen molar-refractivity contribution in [2.45, 2.75) is 12.6 Å². The molecule has 0 aromatic heterocycles. The highest BCUT2D eigenvalue weighted by Crippen LogP contribution is 2.39. The van der Waals surface area contributed by atoms with Gasteiger partial charge >= 0.3 is 0 Å². The lowest BCUT2D eigenvalue weighted by molar-refractivity contribution is 0.450. The number of phenolic OH excluding ortho intramolecular Hbond substituents is 2. The Hall–Kier alpha value is -2.00. The third-order valence-corrected chi connectivity index (χ3v) is 3.21. The van der Waals surface area contributed by atoms with E-state index >= 15 is 0 Å². The van der Waals surface area contributed by atoms with Crippen LogP contribution in [0.15, 0.2) is 42.5 Å². The van der Waals surface area contributed by atoms with E-state index in [4.69, 9.17) is 0 Å². The quantitative estimate of drug-likeness (QED) is 0.700. The number of para-hydroxylation sites is 1. The number of hydrogen-bond donors (Lipinski definition) is 3. The van der Waals surface area contributed by atoms with Crippen LogP contribution < -0.4 is 5.32 Å². The Morgan fingerprint density at radius 1 is 0.941 bits per heavy atom. The number of rotatable bonds is 1. The molecule has 86 valence electrons. The lowest BCUT2D eigenvalue weighted by Crippen LogP contribution is -2.13. The van der Waals surface area contributed by atoms with Crippen molar-refractivity contribution in [2.75, 3.05) is 0 Å². The van der Waals surface area contributed by atoms with Crippen molar-refractivity contribution in [3.05, 3.63) is 59.2 Å². The van der Waals surface area contributed by atoms with Gasteiger partial charge in [0.25, 0.3) is 0 Å². The molecule has 2 aromatic rings. The van der Waals surface area contributed by atoms with Gasteiger partial charge in [-0.05, 0) is 17.7 Å². The highest BCUT2D eigenvalue weighted by Gasteiger charge is 2.27. The van der Waals surface area contributed by atoms with Crippen molar-refractivity contribution >= 4 is 0 Å². The first-order valence-corrected chi connectivity index (χ1v) is 5.59. The molecule has 1 heterocycles. The van der Waals surface area contributed by atoms with E-state index in [2.05, 4.69) is 5.32 Å². The van der Waals surface area contributed by atoms with E-state index in [1.54, 1.807) is 18.2 Å². The van der Waals surface area contributed by atoms with E-state index in [9.17, 15) is 10.2 Å². The molecule has 0 radical (unpaired) electrons. The van der Waals surface area contributed by atoms with Gasteiger partial charge in [-0.3, -0.25) is 0 Å². The van der Waals surface area contributed by atoms with Crippen LogP contribution in [-0.2, 0) is 6.54 Å². The van der Waals surface area contributed by atoms with Gasteiger partial charge in [0, 0.05) is 17.7 Å². The zero-order chi connectivity index (χ0) is 11.8. The Labute approximate surface area is 99.4 Å². The highest BCUT2D eigenvalue weighted by atomic mass is 16.3. The molecule has 0 spiro atoms. The second-order valence-corrected chi connectivity index (χ2v) is 4.22. The summed E-state index contributed by atoms with van der Waals surface area (Å²) in [5.74, 6) is 0.529. The summed E-state index contributed by atoms with van der Waals surface area (Å²) >= 11 is 0. The van der Waals surface area contributed by atoms with Gasteiger partial charge < -0.3 is 15.5 Å². The molecular formula is C14H13NO2. The summed E-state index contributed by atoms with van der Waals surface area (Å²) in [6, 6.07) is 12.6. The molecule has 1 aliphatic rings. The molecule has 3 N–H and O–H groups in total. The minimum absolute atomic E-state index is 0.132. The molecule has 3 heteroatoms. The van der Waals surface area contributed by atoms with Crippen LogP contribution in [0.25, 0.3) is 0 Å². The van der Waals surface area contributed by atoms with Gasteiger partial charge in [-0.1, -0.05) is 30.3 Å². The first-order valence-electron chi connectivity index (χ1n) is 5.59. The lowest BCUT2D eigenvalue weighted by atomic mass is 9.97. The van der Waals surface area contributed by atoms with E-state index in [1.165, 1.54) is 0 Å². The van der Waals surface area contributed by atoms with Crippen LogP contribution >= 0.6 is 0 Å². The summed E-state index contributed by atoms with van der Waals surface area (Å²) in [6.07, 6.45) is 0. The molecular weight excluding hydrogens is 214 g/mol. The maximum atomic E-state index is 9.93. The standard InChI is InChI=1S/C14H13NO2/c16-11-6-2-1-5-10(11)14-13-9(8-15-14)4-3-7-12(13)17/h1-7,14-17H,8H2. The van der Waals surface area contributed by atoms with Crippen LogP contribution in [0, 0.1) is 0 Å². The van der Waals surface area contributed by atoms with Crippen LogP contribution in [0.1, 0.15) is 22.7 Å². The smallest absolute Gasteiger partial charge is 0.121 e. The largest absolute Gasteiger partial charge is 0.508 e. The second-order valence-electron chi connectivity index (χ2n) is 4.22. The van der Waals surface area contributed by atoms with E-state index in [0.717, 1.165) is 16.7 Å². The third-order valence-electron chi connectivity index (χ3n) is 3.21. The molecule has 0 saturated carbocycles. The molecule has 17 heavy (non-hydrogen) atoms. The minimum atomic E-state index is -0.132. The zero-order valence-corrected chi connectivity index (χ0v) is 9.22. The molecule has 0 amide bonds. The first-order chi connectivity index (χ1) is 8.27. The predicted molar refractivity (Wildman–Crippen MR) is 64.9 cm³/mol. The molecule has 0 bridgehead atoms. The Balaban J connectivity index is 2.13. The number of fused-ring (bicyclic) bond motifs is 1. The molecule has 3 nitrogen and oxygen atoms in total. The Morgan fingerprint density at radius 2 is 1.71 bits per heavy atom. The summed E-state index contributed by atoms with van der Waals surface area (Å²) in [4.78, 5) is 0. The normalized spacial score (nSPS) is 18.0. The van der Waals surface area contributed by atoms with Gasteiger partial charge in [-0.2, -0.15) is 0 Å². The van der Waals surface area contributed by atoms with Crippen molar-refractivity contribution in [1.29, 1.82) is 0 Å². The summed E-state index contributed by atoms with van der Waals surface area (Å²) in [5, 5.41) is 23.1. The summed E-state index contributed by atoms with van der Waals surface area (Å²) in [6.45, 7) is 0.711. The number of nitrogens with one attached hydrogen (secondary N) is 1. The van der Waals surface area contributed by atoms with Gasteiger partial charge in [-0.25, -0.2) is 0 Å². The van der Waals surface area contributed by atoms with E-state index in [0.29, 0.717) is 6.54 Å². The zero-order valence-electron chi connectivity index (χ0n) is 9.22. The summed E-state index contributed by atoms with van der Waals surface area (Å²) in [7, 11) is 0. The fourth-order valence-corrected chi connectivity index (χ4v) is 2.40. The first kappa shape index (κ1) is 10.2. The van der Waals surface area contributed by atoms with Gasteiger partial charge in [0.05, 0.1) is 6.04 Å². The van der Waals surface area contributed by atoms with Crippen molar-refractivity contribution in [2.24, 2.45) is 0 Å². The van der Waals surface area contributed by atoms with E-state index in [1.807, 2.05) is 24.3 Å². The molecule has 1 aliphatic heterocycles. The summed E-state index contributed by atoms with van der Waals surface area (Å²) < 4.78 is 0. The van der Waals surface area contributed by atoms with Crippen LogP contribution in [0.5, 0.6) is 11.5 Å². The SMILES string of the molecule is Oc1ccccc1C1NCc2cccc(O)c21. The van der Waals surface area contributed by atoms with Crippen LogP contribution in [0.3, 0.4) is 0 Å². The second kappa shape index (κ2) is 3.79.